The third-order valence-corrected chi connectivity index (χ3v) is 6.20. The quantitative estimate of drug-likeness (QED) is 0.375. The van der Waals surface area contributed by atoms with E-state index in [1.54, 1.807) is 40.9 Å². The van der Waals surface area contributed by atoms with Crippen molar-refractivity contribution in [2.75, 3.05) is 11.4 Å². The number of anilines is 1. The normalized spacial score (nSPS) is 10.8. The van der Waals surface area contributed by atoms with Crippen molar-refractivity contribution in [3.05, 3.63) is 77.6 Å². The zero-order valence-corrected chi connectivity index (χ0v) is 19.0. The van der Waals surface area contributed by atoms with E-state index < -0.39 is 0 Å². The van der Waals surface area contributed by atoms with E-state index in [9.17, 15) is 9.18 Å². The maximum Gasteiger partial charge on any atom is 0.233 e. The summed E-state index contributed by atoms with van der Waals surface area (Å²) in [5.74, 6) is -0.346. The van der Waals surface area contributed by atoms with Crippen LogP contribution in [0.3, 0.4) is 0 Å². The smallest absolute Gasteiger partial charge is 0.233 e. The summed E-state index contributed by atoms with van der Waals surface area (Å²) in [7, 11) is 0. The van der Waals surface area contributed by atoms with Gasteiger partial charge in [-0.1, -0.05) is 29.5 Å². The summed E-state index contributed by atoms with van der Waals surface area (Å²) in [5, 5.41) is 0.705. The summed E-state index contributed by atoms with van der Waals surface area (Å²) < 4.78 is 16.3. The summed E-state index contributed by atoms with van der Waals surface area (Å²) in [6.07, 6.45) is 6.41. The lowest BCUT2D eigenvalue weighted by Gasteiger charge is -2.20. The van der Waals surface area contributed by atoms with Crippen molar-refractivity contribution in [2.45, 2.75) is 33.2 Å². The number of imidazole rings is 1. The highest BCUT2D eigenvalue weighted by Gasteiger charge is 2.20. The largest absolute Gasteiger partial charge is 0.337 e. The topological polar surface area (TPSA) is 51.0 Å². The van der Waals surface area contributed by atoms with Gasteiger partial charge in [0.05, 0.1) is 23.0 Å². The van der Waals surface area contributed by atoms with E-state index in [1.807, 2.05) is 17.7 Å². The lowest BCUT2D eigenvalue weighted by molar-refractivity contribution is -0.118. The molecule has 0 N–H and O–H groups in total. The summed E-state index contributed by atoms with van der Waals surface area (Å²) in [6.45, 7) is 5.44. The molecule has 0 aliphatic carbocycles. The number of halogens is 2. The van der Waals surface area contributed by atoms with Crippen LogP contribution in [0.2, 0.25) is 0 Å². The second-order valence-corrected chi connectivity index (χ2v) is 8.41. The van der Waals surface area contributed by atoms with Gasteiger partial charge in [-0.25, -0.2) is 14.4 Å². The number of rotatable bonds is 7. The lowest BCUT2D eigenvalue weighted by atomic mass is 10.1. The second kappa shape index (κ2) is 10.0. The average molecular weight is 459 g/mol. The molecule has 0 radical (unpaired) electrons. The molecule has 0 aliphatic heterocycles. The molecule has 0 atom stereocenters. The van der Waals surface area contributed by atoms with Crippen molar-refractivity contribution in [1.29, 1.82) is 0 Å². The van der Waals surface area contributed by atoms with Gasteiger partial charge in [0.2, 0.25) is 5.91 Å². The Bertz CT molecular complexity index is 1160. The number of carbonyl (C=O) groups excluding carboxylic acids is 1. The van der Waals surface area contributed by atoms with Gasteiger partial charge in [-0.15, -0.1) is 12.4 Å². The fourth-order valence-corrected chi connectivity index (χ4v) is 4.57. The van der Waals surface area contributed by atoms with Crippen LogP contribution in [-0.2, 0) is 17.8 Å². The average Bonchev–Trinajstić information content (AvgIpc) is 3.36. The number of fused-ring (bicyclic) bond motifs is 1. The van der Waals surface area contributed by atoms with Gasteiger partial charge in [0.25, 0.3) is 0 Å². The van der Waals surface area contributed by atoms with Crippen LogP contribution in [0.4, 0.5) is 9.52 Å². The molecule has 0 unspecified atom stereocenters. The fourth-order valence-electron chi connectivity index (χ4n) is 3.51. The highest BCUT2D eigenvalue weighted by Crippen LogP contribution is 2.32. The Morgan fingerprint density at radius 1 is 1.19 bits per heavy atom. The molecule has 0 fully saturated rings. The number of aryl methyl sites for hydroxylation is 3. The van der Waals surface area contributed by atoms with Crippen molar-refractivity contribution in [3.63, 3.8) is 0 Å². The van der Waals surface area contributed by atoms with E-state index in [-0.39, 0.29) is 30.6 Å². The number of benzene rings is 2. The van der Waals surface area contributed by atoms with Gasteiger partial charge in [-0.05, 0) is 55.2 Å². The Kier molecular flexibility index (Phi) is 7.41. The molecular formula is C23H24ClFN4OS. The first-order chi connectivity index (χ1) is 14.5. The molecule has 2 aromatic heterocycles. The molecule has 2 aromatic carbocycles. The maximum absolute atomic E-state index is 13.2. The minimum atomic E-state index is -0.305. The molecule has 4 rings (SSSR count). The first-order valence-electron chi connectivity index (χ1n) is 9.88. The summed E-state index contributed by atoms with van der Waals surface area (Å²) in [6, 6.07) is 10.3. The Hall–Kier alpha value is -2.77. The second-order valence-electron chi connectivity index (χ2n) is 7.43. The molecule has 2 heterocycles. The van der Waals surface area contributed by atoms with Gasteiger partial charge in [0.1, 0.15) is 5.82 Å². The van der Waals surface area contributed by atoms with Gasteiger partial charge >= 0.3 is 0 Å². The van der Waals surface area contributed by atoms with E-state index in [1.165, 1.54) is 12.1 Å². The SMILES string of the molecule is Cc1cc(C)c2sc(N(CCCn3ccnc3)C(=O)Cc3ccc(F)cc3)nc2c1.Cl. The Balaban J connectivity index is 0.00000272. The molecule has 1 amide bonds. The predicted octanol–water partition coefficient (Wildman–Crippen LogP) is 5.34. The van der Waals surface area contributed by atoms with Crippen molar-refractivity contribution < 1.29 is 9.18 Å². The summed E-state index contributed by atoms with van der Waals surface area (Å²) in [4.78, 5) is 23.8. The molecule has 0 saturated heterocycles. The number of hydrogen-bond donors (Lipinski definition) is 0. The lowest BCUT2D eigenvalue weighted by Crippen LogP contribution is -2.33. The zero-order chi connectivity index (χ0) is 21.1. The van der Waals surface area contributed by atoms with Gasteiger partial charge in [0.15, 0.2) is 5.13 Å². The third kappa shape index (κ3) is 5.48. The number of thiazole rings is 1. The van der Waals surface area contributed by atoms with Gasteiger partial charge in [-0.2, -0.15) is 0 Å². The predicted molar refractivity (Wildman–Crippen MR) is 126 cm³/mol. The van der Waals surface area contributed by atoms with Crippen LogP contribution in [0, 0.1) is 19.7 Å². The molecule has 5 nitrogen and oxygen atoms in total. The first-order valence-corrected chi connectivity index (χ1v) is 10.7. The fraction of sp³-hybridized carbons (Fsp3) is 0.261. The van der Waals surface area contributed by atoms with E-state index in [2.05, 4.69) is 24.0 Å². The van der Waals surface area contributed by atoms with Crippen molar-refractivity contribution in [3.8, 4) is 0 Å². The summed E-state index contributed by atoms with van der Waals surface area (Å²) in [5.41, 5.74) is 4.02. The highest BCUT2D eigenvalue weighted by molar-refractivity contribution is 7.22. The molecule has 4 aromatic rings. The van der Waals surface area contributed by atoms with E-state index in [0.29, 0.717) is 11.7 Å². The molecule has 162 valence electrons. The monoisotopic (exact) mass is 458 g/mol. The van der Waals surface area contributed by atoms with Crippen LogP contribution in [0.5, 0.6) is 0 Å². The van der Waals surface area contributed by atoms with Crippen LogP contribution in [0.25, 0.3) is 10.2 Å². The minimum Gasteiger partial charge on any atom is -0.337 e. The number of amides is 1. The van der Waals surface area contributed by atoms with E-state index >= 15 is 0 Å². The van der Waals surface area contributed by atoms with E-state index in [0.717, 1.165) is 39.9 Å². The van der Waals surface area contributed by atoms with Crippen molar-refractivity contribution in [2.24, 2.45) is 0 Å². The summed E-state index contributed by atoms with van der Waals surface area (Å²) >= 11 is 1.54. The van der Waals surface area contributed by atoms with Crippen LogP contribution >= 0.6 is 23.7 Å². The van der Waals surface area contributed by atoms with Crippen LogP contribution in [-0.4, -0.2) is 27.0 Å². The molecule has 8 heteroatoms. The van der Waals surface area contributed by atoms with Crippen molar-refractivity contribution >= 4 is 45.0 Å². The highest BCUT2D eigenvalue weighted by atomic mass is 35.5. The Labute approximate surface area is 191 Å². The minimum absolute atomic E-state index is 0. The Morgan fingerprint density at radius 3 is 2.68 bits per heavy atom. The van der Waals surface area contributed by atoms with Crippen LogP contribution in [0.15, 0.2) is 55.1 Å². The Morgan fingerprint density at radius 2 is 1.97 bits per heavy atom. The number of hydrogen-bond acceptors (Lipinski definition) is 4. The third-order valence-electron chi connectivity index (χ3n) is 4.97. The standard InChI is InChI=1S/C23H23FN4OS.ClH/c1-16-12-17(2)22-20(13-16)26-23(30-22)28(10-3-9-27-11-8-25-15-27)21(29)14-18-4-6-19(24)7-5-18;/h4-8,11-13,15H,3,9-10,14H2,1-2H3;1H. The molecule has 31 heavy (non-hydrogen) atoms. The molecule has 0 aliphatic rings. The number of carbonyl (C=O) groups is 1. The molecule has 0 bridgehead atoms. The number of aromatic nitrogens is 3. The zero-order valence-electron chi connectivity index (χ0n) is 17.4. The van der Waals surface area contributed by atoms with Gasteiger partial charge in [0, 0.05) is 25.5 Å². The number of nitrogens with zero attached hydrogens (tertiary/aromatic N) is 4. The maximum atomic E-state index is 13.2. The van der Waals surface area contributed by atoms with Crippen LogP contribution in [0.1, 0.15) is 23.1 Å². The molecular weight excluding hydrogens is 435 g/mol. The van der Waals surface area contributed by atoms with Crippen molar-refractivity contribution in [1.82, 2.24) is 14.5 Å². The van der Waals surface area contributed by atoms with Crippen LogP contribution < -0.4 is 4.90 Å². The van der Waals surface area contributed by atoms with Gasteiger partial charge in [-0.3, -0.25) is 9.69 Å². The van der Waals surface area contributed by atoms with Gasteiger partial charge < -0.3 is 4.57 Å². The molecule has 0 saturated carbocycles. The first kappa shape index (κ1) is 22.9. The molecule has 0 spiro atoms. The van der Waals surface area contributed by atoms with E-state index in [4.69, 9.17) is 4.98 Å².